The number of carbonyl (C=O) groups excluding carboxylic acids is 3. The van der Waals surface area contributed by atoms with Gasteiger partial charge in [-0.25, -0.2) is 18.6 Å². The van der Waals surface area contributed by atoms with Gasteiger partial charge in [-0.05, 0) is 99.1 Å². The number of aromatic nitrogens is 5. The average molecular weight is 1090 g/mol. The maximum atomic E-state index is 17.7. The van der Waals surface area contributed by atoms with Crippen LogP contribution in [0.5, 0.6) is 17.6 Å². The van der Waals surface area contributed by atoms with E-state index in [9.17, 15) is 29.5 Å². The van der Waals surface area contributed by atoms with Crippen LogP contribution in [0.1, 0.15) is 75.8 Å². The van der Waals surface area contributed by atoms with E-state index in [0.29, 0.717) is 68.0 Å². The van der Waals surface area contributed by atoms with Gasteiger partial charge in [0.05, 0.1) is 48.3 Å². The Hall–Kier alpha value is -7.72. The second-order valence-electron chi connectivity index (χ2n) is 23.3. The minimum absolute atomic E-state index is 0.00602. The Kier molecular flexibility index (Phi) is 12.8. The van der Waals surface area contributed by atoms with Gasteiger partial charge < -0.3 is 34.2 Å². The van der Waals surface area contributed by atoms with Crippen LogP contribution in [-0.2, 0) is 21.4 Å². The predicted octanol–water partition coefficient (Wildman–Crippen LogP) is 5.42. The van der Waals surface area contributed by atoms with Gasteiger partial charge in [-0.15, -0.1) is 6.42 Å². The van der Waals surface area contributed by atoms with Gasteiger partial charge in [0.15, 0.2) is 11.6 Å². The lowest BCUT2D eigenvalue weighted by atomic mass is 9.66. The molecule has 6 saturated heterocycles. The molecular weight excluding hydrogens is 1030 g/mol. The quantitative estimate of drug-likeness (QED) is 0.103. The SMILES string of the molecule is C#Cc1c(F)ccc2cc(O)cc(-c3nc(OC)c4c(N5CC6C[C@]7(C(=O)CC#N)CCC5CN67)nc(OCC5(CN6CCN(CC7CCN(c8ccc9c(c8)n(C)c(=O)n9C8CCC(=O)NC8=O)CC7)CC6)CC5)nc4c3F)c12. The Bertz CT molecular complexity index is 3720. The van der Waals surface area contributed by atoms with Crippen molar-refractivity contribution in [3.05, 3.63) is 70.1 Å². The van der Waals surface area contributed by atoms with Crippen molar-refractivity contribution in [1.29, 1.82) is 5.26 Å². The number of methoxy groups -OCH3 is 1. The van der Waals surface area contributed by atoms with E-state index in [1.165, 1.54) is 35.9 Å². The van der Waals surface area contributed by atoms with Crippen LogP contribution in [0.3, 0.4) is 0 Å². The summed E-state index contributed by atoms with van der Waals surface area (Å²) in [5, 5.41) is 23.5. The van der Waals surface area contributed by atoms with Gasteiger partial charge in [0.1, 0.15) is 40.0 Å². The maximum absolute atomic E-state index is 17.7. The molecule has 2 amide bonds. The zero-order chi connectivity index (χ0) is 55.4. The van der Waals surface area contributed by atoms with Crippen LogP contribution in [0.25, 0.3) is 44.0 Å². The average Bonchev–Trinajstić information content (AvgIpc) is 3.34. The second-order valence-corrected chi connectivity index (χ2v) is 23.3. The van der Waals surface area contributed by atoms with E-state index in [-0.39, 0.29) is 98.5 Å². The molecule has 13 rings (SSSR count). The van der Waals surface area contributed by atoms with Crippen molar-refractivity contribution in [1.82, 2.24) is 44.1 Å². The van der Waals surface area contributed by atoms with E-state index < -0.39 is 29.1 Å². The summed E-state index contributed by atoms with van der Waals surface area (Å²) >= 11 is 0. The Labute approximate surface area is 460 Å². The summed E-state index contributed by atoms with van der Waals surface area (Å²) in [7, 11) is 3.15. The van der Waals surface area contributed by atoms with Crippen LogP contribution >= 0.6 is 0 Å². The number of ether oxygens (including phenoxy) is 2. The van der Waals surface area contributed by atoms with Crippen molar-refractivity contribution < 1.29 is 37.7 Å². The Balaban J connectivity index is 0.699. The third-order valence-electron chi connectivity index (χ3n) is 18.7. The maximum Gasteiger partial charge on any atom is 0.329 e. The van der Waals surface area contributed by atoms with Crippen LogP contribution in [-0.4, -0.2) is 158 Å². The number of nitriles is 1. The molecule has 0 spiro atoms. The van der Waals surface area contributed by atoms with E-state index in [2.05, 4.69) is 35.7 Å². The first-order valence-electron chi connectivity index (χ1n) is 27.9. The molecule has 3 aromatic heterocycles. The molecule has 6 aliphatic heterocycles. The summed E-state index contributed by atoms with van der Waals surface area (Å²) in [5.41, 5.74) is 1.01. The van der Waals surface area contributed by atoms with Gasteiger partial charge in [0, 0.05) is 113 Å². The van der Waals surface area contributed by atoms with Gasteiger partial charge >= 0.3 is 11.7 Å². The number of pyridine rings is 1. The summed E-state index contributed by atoms with van der Waals surface area (Å²) in [6.07, 6.45) is 12.0. The molecule has 6 aromatic rings. The third kappa shape index (κ3) is 8.67. The van der Waals surface area contributed by atoms with E-state index in [1.807, 2.05) is 24.3 Å². The summed E-state index contributed by atoms with van der Waals surface area (Å²) in [5.74, 6) is 0.834. The van der Waals surface area contributed by atoms with Crippen molar-refractivity contribution in [3.63, 3.8) is 0 Å². The number of imide groups is 1. The molecule has 2 bridgehead atoms. The highest BCUT2D eigenvalue weighted by molar-refractivity contribution is 6.04. The van der Waals surface area contributed by atoms with Crippen LogP contribution in [0.4, 0.5) is 20.3 Å². The molecule has 3 unspecified atom stereocenters. The number of aryl methyl sites for hydroxylation is 1. The van der Waals surface area contributed by atoms with Gasteiger partial charge in [-0.2, -0.15) is 15.2 Å². The number of Topliss-reactive ketones (excluding diaryl/α,β-unsaturated/α-hetero) is 1. The number of terminal acetylenes is 1. The lowest BCUT2D eigenvalue weighted by Crippen LogP contribution is -2.79. The molecule has 80 heavy (non-hydrogen) atoms. The van der Waals surface area contributed by atoms with Crippen LogP contribution < -0.4 is 30.3 Å². The molecule has 414 valence electrons. The minimum atomic E-state index is -0.850. The smallest absolute Gasteiger partial charge is 0.329 e. The van der Waals surface area contributed by atoms with Crippen LogP contribution in [0.15, 0.2) is 47.3 Å². The van der Waals surface area contributed by atoms with Crippen molar-refractivity contribution in [2.45, 2.75) is 87.9 Å². The number of piperidine rings is 3. The lowest BCUT2D eigenvalue weighted by Gasteiger charge is -2.66. The molecule has 9 heterocycles. The monoisotopic (exact) mass is 1090 g/mol. The zero-order valence-corrected chi connectivity index (χ0v) is 44.8. The van der Waals surface area contributed by atoms with E-state index >= 15 is 8.78 Å². The van der Waals surface area contributed by atoms with Crippen molar-refractivity contribution in [2.75, 3.05) is 89.0 Å². The molecule has 19 nitrogen and oxygen atoms in total. The van der Waals surface area contributed by atoms with Gasteiger partial charge in [-0.1, -0.05) is 12.0 Å². The van der Waals surface area contributed by atoms with Gasteiger partial charge in [0.25, 0.3) is 0 Å². The first-order valence-corrected chi connectivity index (χ1v) is 27.9. The fourth-order valence-corrected chi connectivity index (χ4v) is 14.2. The molecule has 0 radical (unpaired) electrons. The molecule has 4 atom stereocenters. The first kappa shape index (κ1) is 51.7. The Morgan fingerprint density at radius 2 is 1.70 bits per heavy atom. The number of anilines is 2. The molecule has 2 N–H and O–H groups in total. The molecule has 7 fully saturated rings. The minimum Gasteiger partial charge on any atom is -0.508 e. The summed E-state index contributed by atoms with van der Waals surface area (Å²) < 4.78 is 48.7. The lowest BCUT2D eigenvalue weighted by molar-refractivity contribution is -0.160. The number of fused-ring (bicyclic) bond motifs is 4. The standard InChI is InChI=1S/C59H62F2N12O7/c1-4-40-42(60)7-5-35-25-39(74)27-41(48(35)40)51-50(61)52-49(55(64-51)79-3)53(71-30-38-28-59(46(75)12-18-62)15-11-37(71)31-72(38)59)66-56(65-52)80-33-58(16-17-58)32-69-23-21-68(22-24-69)29-34-13-19-70(20-14-34)36-6-8-43-45(26-36)67(2)57(78)73(43)44-9-10-47(76)63-54(44)77/h1,5-8,25-27,34,37-38,44,74H,9-17,19-24,28-33H2,2-3H3,(H,63,76,77)/t37?,38?,44?,59-/m0/s1. The van der Waals surface area contributed by atoms with Crippen LogP contribution in [0, 0.1) is 46.6 Å². The number of hydrogen-bond acceptors (Lipinski definition) is 16. The molecule has 7 aliphatic rings. The molecule has 1 aliphatic carbocycles. The van der Waals surface area contributed by atoms with Gasteiger partial charge in [-0.3, -0.25) is 33.7 Å². The summed E-state index contributed by atoms with van der Waals surface area (Å²) in [4.78, 5) is 77.6. The van der Waals surface area contributed by atoms with E-state index in [1.54, 1.807) is 11.6 Å². The van der Waals surface area contributed by atoms with Crippen molar-refractivity contribution in [2.24, 2.45) is 18.4 Å². The van der Waals surface area contributed by atoms with Crippen molar-refractivity contribution in [3.8, 4) is 47.3 Å². The number of aromatic hydroxyl groups is 1. The highest BCUT2D eigenvalue weighted by Gasteiger charge is 2.61. The Morgan fingerprint density at radius 1 is 0.912 bits per heavy atom. The number of phenols is 1. The number of nitrogens with zero attached hydrogens (tertiary/aromatic N) is 11. The topological polar surface area (TPSA) is 208 Å². The summed E-state index contributed by atoms with van der Waals surface area (Å²) in [6, 6.07) is 12.6. The molecule has 1 saturated carbocycles. The second kappa shape index (κ2) is 19.8. The summed E-state index contributed by atoms with van der Waals surface area (Å²) in [6.45, 7) is 8.75. The molecule has 21 heteroatoms. The molecule has 3 aromatic carbocycles. The number of hydrogen-bond donors (Lipinski definition) is 2. The number of phenolic OH excluding ortho intramolecular Hbond substituents is 1. The number of piperazine rings is 2. The highest BCUT2D eigenvalue weighted by atomic mass is 19.1. The number of ketones is 1. The Morgan fingerprint density at radius 3 is 2.44 bits per heavy atom. The first-order chi connectivity index (χ1) is 38.7. The number of imidazole rings is 1. The number of halogens is 2. The van der Waals surface area contributed by atoms with Gasteiger partial charge in [0.2, 0.25) is 17.7 Å². The number of carbonyl (C=O) groups is 3. The highest BCUT2D eigenvalue weighted by Crippen LogP contribution is 2.52. The third-order valence-corrected chi connectivity index (χ3v) is 18.7. The fourth-order valence-electron chi connectivity index (χ4n) is 14.2. The number of benzene rings is 3. The normalized spacial score (nSPS) is 24.1. The largest absolute Gasteiger partial charge is 0.508 e. The number of nitrogens with one attached hydrogen (secondary N) is 1. The molecular formula is C59H62F2N12O7. The van der Waals surface area contributed by atoms with E-state index in [4.69, 9.17) is 30.8 Å². The van der Waals surface area contributed by atoms with E-state index in [0.717, 1.165) is 89.2 Å². The number of rotatable bonds is 14. The fraction of sp³-hybridized carbons (Fsp3) is 0.492. The zero-order valence-electron chi connectivity index (χ0n) is 44.8. The van der Waals surface area contributed by atoms with Crippen molar-refractivity contribution >= 4 is 61.8 Å². The van der Waals surface area contributed by atoms with Crippen LogP contribution in [0.2, 0.25) is 0 Å². The predicted molar refractivity (Wildman–Crippen MR) is 293 cm³/mol. The number of amides is 2.